The fourth-order valence-corrected chi connectivity index (χ4v) is 3.21. The van der Waals surface area contributed by atoms with E-state index in [2.05, 4.69) is 10.0 Å². The molecule has 128 valence electrons. The van der Waals surface area contributed by atoms with Crippen molar-refractivity contribution in [3.8, 4) is 0 Å². The van der Waals surface area contributed by atoms with Gasteiger partial charge in [0.25, 0.3) is 0 Å². The number of aryl methyl sites for hydroxylation is 3. The molecular formula is C18H22N2O3S. The van der Waals surface area contributed by atoms with Gasteiger partial charge in [-0.1, -0.05) is 42.5 Å². The second-order valence-electron chi connectivity index (χ2n) is 5.74. The van der Waals surface area contributed by atoms with Crippen molar-refractivity contribution in [1.29, 1.82) is 0 Å². The molecule has 0 saturated carbocycles. The first-order valence-corrected chi connectivity index (χ1v) is 9.39. The Morgan fingerprint density at radius 2 is 1.75 bits per heavy atom. The van der Waals surface area contributed by atoms with E-state index in [0.717, 1.165) is 16.7 Å². The SMILES string of the molecule is Cc1ccc(C)c(NC(=O)CNS(=O)(=O)CCc2ccccc2)c1. The molecule has 2 aromatic carbocycles. The number of hydrogen-bond acceptors (Lipinski definition) is 3. The van der Waals surface area contributed by atoms with Crippen LogP contribution in [-0.4, -0.2) is 26.6 Å². The van der Waals surface area contributed by atoms with Crippen LogP contribution in [0.5, 0.6) is 0 Å². The molecule has 0 bridgehead atoms. The molecule has 0 aliphatic rings. The van der Waals surface area contributed by atoms with Gasteiger partial charge in [-0.15, -0.1) is 0 Å². The number of carbonyl (C=O) groups excluding carboxylic acids is 1. The van der Waals surface area contributed by atoms with E-state index in [1.807, 2.05) is 62.4 Å². The Kier molecular flexibility index (Phi) is 6.11. The van der Waals surface area contributed by atoms with Crippen molar-refractivity contribution in [2.75, 3.05) is 17.6 Å². The van der Waals surface area contributed by atoms with Crippen LogP contribution in [0.1, 0.15) is 16.7 Å². The number of sulfonamides is 1. The largest absolute Gasteiger partial charge is 0.325 e. The zero-order valence-corrected chi connectivity index (χ0v) is 14.7. The average Bonchev–Trinajstić information content (AvgIpc) is 2.56. The first-order chi connectivity index (χ1) is 11.4. The van der Waals surface area contributed by atoms with Crippen LogP contribution in [0.4, 0.5) is 5.69 Å². The zero-order valence-electron chi connectivity index (χ0n) is 13.9. The van der Waals surface area contributed by atoms with Crippen molar-refractivity contribution in [3.63, 3.8) is 0 Å². The molecule has 0 fully saturated rings. The summed E-state index contributed by atoms with van der Waals surface area (Å²) in [5.74, 6) is -0.430. The van der Waals surface area contributed by atoms with Gasteiger partial charge in [-0.3, -0.25) is 4.79 Å². The molecule has 0 radical (unpaired) electrons. The Labute approximate surface area is 143 Å². The zero-order chi connectivity index (χ0) is 17.6. The van der Waals surface area contributed by atoms with Gasteiger partial charge in [0.2, 0.25) is 15.9 Å². The van der Waals surface area contributed by atoms with Gasteiger partial charge in [0.15, 0.2) is 0 Å². The van der Waals surface area contributed by atoms with E-state index in [1.54, 1.807) is 0 Å². The molecule has 0 aliphatic carbocycles. The maximum absolute atomic E-state index is 12.0. The second kappa shape index (κ2) is 8.08. The number of benzene rings is 2. The Bertz CT molecular complexity index is 802. The lowest BCUT2D eigenvalue weighted by Crippen LogP contribution is -2.34. The van der Waals surface area contributed by atoms with Gasteiger partial charge < -0.3 is 5.32 Å². The number of carbonyl (C=O) groups is 1. The van der Waals surface area contributed by atoms with Gasteiger partial charge in [0, 0.05) is 5.69 Å². The number of amides is 1. The van der Waals surface area contributed by atoms with Gasteiger partial charge in [0.1, 0.15) is 0 Å². The van der Waals surface area contributed by atoms with Crippen LogP contribution >= 0.6 is 0 Å². The third kappa shape index (κ3) is 5.79. The van der Waals surface area contributed by atoms with E-state index in [0.29, 0.717) is 12.1 Å². The standard InChI is InChI=1S/C18H22N2O3S/c1-14-8-9-15(2)17(12-14)20-18(21)13-19-24(22,23)11-10-16-6-4-3-5-7-16/h3-9,12,19H,10-11,13H2,1-2H3,(H,20,21). The van der Waals surface area contributed by atoms with Crippen molar-refractivity contribution in [3.05, 3.63) is 65.2 Å². The fourth-order valence-electron chi connectivity index (χ4n) is 2.21. The highest BCUT2D eigenvalue weighted by molar-refractivity contribution is 7.89. The summed E-state index contributed by atoms with van der Waals surface area (Å²) in [7, 11) is -3.50. The predicted octanol–water partition coefficient (Wildman–Crippen LogP) is 2.40. The third-order valence-electron chi connectivity index (χ3n) is 3.62. The van der Waals surface area contributed by atoms with E-state index in [-0.39, 0.29) is 18.2 Å². The first-order valence-electron chi connectivity index (χ1n) is 7.74. The lowest BCUT2D eigenvalue weighted by molar-refractivity contribution is -0.115. The summed E-state index contributed by atoms with van der Waals surface area (Å²) in [6, 6.07) is 15.1. The van der Waals surface area contributed by atoms with Gasteiger partial charge in [-0.2, -0.15) is 0 Å². The lowest BCUT2D eigenvalue weighted by Gasteiger charge is -2.10. The second-order valence-corrected chi connectivity index (χ2v) is 7.67. The quantitative estimate of drug-likeness (QED) is 0.808. The van der Waals surface area contributed by atoms with E-state index < -0.39 is 10.0 Å². The molecular weight excluding hydrogens is 324 g/mol. The molecule has 2 N–H and O–H groups in total. The molecule has 0 heterocycles. The maximum Gasteiger partial charge on any atom is 0.239 e. The molecule has 0 aromatic heterocycles. The highest BCUT2D eigenvalue weighted by Crippen LogP contribution is 2.15. The van der Waals surface area contributed by atoms with Crippen molar-refractivity contribution >= 4 is 21.6 Å². The number of nitrogens with one attached hydrogen (secondary N) is 2. The summed E-state index contributed by atoms with van der Waals surface area (Å²) >= 11 is 0. The van der Waals surface area contributed by atoms with Gasteiger partial charge >= 0.3 is 0 Å². The molecule has 2 aromatic rings. The van der Waals surface area contributed by atoms with Crippen molar-refractivity contribution in [2.24, 2.45) is 0 Å². The molecule has 6 heteroatoms. The molecule has 0 saturated heterocycles. The molecule has 24 heavy (non-hydrogen) atoms. The number of hydrogen-bond donors (Lipinski definition) is 2. The monoisotopic (exact) mass is 346 g/mol. The normalized spacial score (nSPS) is 11.2. The lowest BCUT2D eigenvalue weighted by atomic mass is 10.1. The van der Waals surface area contributed by atoms with E-state index >= 15 is 0 Å². The minimum absolute atomic E-state index is 0.0479. The highest BCUT2D eigenvalue weighted by atomic mass is 32.2. The molecule has 0 atom stereocenters. The van der Waals surface area contributed by atoms with Crippen LogP contribution < -0.4 is 10.0 Å². The highest BCUT2D eigenvalue weighted by Gasteiger charge is 2.13. The Morgan fingerprint density at radius 1 is 1.04 bits per heavy atom. The van der Waals surface area contributed by atoms with Crippen LogP contribution in [0, 0.1) is 13.8 Å². The average molecular weight is 346 g/mol. The minimum Gasteiger partial charge on any atom is -0.325 e. The molecule has 0 spiro atoms. The molecule has 2 rings (SSSR count). The van der Waals surface area contributed by atoms with Crippen LogP contribution in [0.2, 0.25) is 0 Å². The van der Waals surface area contributed by atoms with Crippen LogP contribution in [0.25, 0.3) is 0 Å². The molecule has 1 amide bonds. The summed E-state index contributed by atoms with van der Waals surface area (Å²) in [4.78, 5) is 12.0. The van der Waals surface area contributed by atoms with Crippen molar-refractivity contribution < 1.29 is 13.2 Å². The summed E-state index contributed by atoms with van der Waals surface area (Å²) in [6.07, 6.45) is 0.411. The fraction of sp³-hybridized carbons (Fsp3) is 0.278. The van der Waals surface area contributed by atoms with Gasteiger partial charge in [-0.05, 0) is 43.0 Å². The van der Waals surface area contributed by atoms with Crippen molar-refractivity contribution in [2.45, 2.75) is 20.3 Å². The summed E-state index contributed by atoms with van der Waals surface area (Å²) in [5.41, 5.74) is 3.60. The molecule has 0 unspecified atom stereocenters. The number of rotatable bonds is 7. The van der Waals surface area contributed by atoms with Crippen LogP contribution in [0.15, 0.2) is 48.5 Å². The van der Waals surface area contributed by atoms with E-state index in [4.69, 9.17) is 0 Å². The summed E-state index contributed by atoms with van der Waals surface area (Å²) in [6.45, 7) is 3.55. The Hall–Kier alpha value is -2.18. The van der Waals surface area contributed by atoms with Crippen molar-refractivity contribution in [1.82, 2.24) is 4.72 Å². The smallest absolute Gasteiger partial charge is 0.239 e. The minimum atomic E-state index is -3.50. The molecule has 5 nitrogen and oxygen atoms in total. The predicted molar refractivity (Wildman–Crippen MR) is 96.5 cm³/mol. The molecule has 0 aliphatic heterocycles. The van der Waals surface area contributed by atoms with Crippen LogP contribution in [0.3, 0.4) is 0 Å². The Morgan fingerprint density at radius 3 is 2.46 bits per heavy atom. The number of anilines is 1. The maximum atomic E-state index is 12.0. The summed E-state index contributed by atoms with van der Waals surface area (Å²) in [5, 5.41) is 2.73. The third-order valence-corrected chi connectivity index (χ3v) is 4.95. The first kappa shape index (κ1) is 18.2. The van der Waals surface area contributed by atoms with Gasteiger partial charge in [-0.25, -0.2) is 13.1 Å². The van der Waals surface area contributed by atoms with E-state index in [1.165, 1.54) is 0 Å². The van der Waals surface area contributed by atoms with E-state index in [9.17, 15) is 13.2 Å². The van der Waals surface area contributed by atoms with Crippen LogP contribution in [-0.2, 0) is 21.2 Å². The topological polar surface area (TPSA) is 75.3 Å². The Balaban J connectivity index is 1.85. The summed E-state index contributed by atoms with van der Waals surface area (Å²) < 4.78 is 26.3. The van der Waals surface area contributed by atoms with Gasteiger partial charge in [0.05, 0.1) is 12.3 Å².